The molecule has 0 saturated carbocycles. The van der Waals surface area contributed by atoms with E-state index in [2.05, 4.69) is 10.3 Å². The summed E-state index contributed by atoms with van der Waals surface area (Å²) in [5.74, 6) is -0.00386. The molecule has 1 aromatic carbocycles. The van der Waals surface area contributed by atoms with E-state index in [0.717, 1.165) is 0 Å². The predicted octanol–water partition coefficient (Wildman–Crippen LogP) is 0.989. The number of halogens is 1. The van der Waals surface area contributed by atoms with Crippen LogP contribution >= 0.6 is 0 Å². The molecule has 0 aliphatic heterocycles. The third kappa shape index (κ3) is 1.48. The zero-order chi connectivity index (χ0) is 9.26. The first kappa shape index (κ1) is 7.72. The van der Waals surface area contributed by atoms with E-state index < -0.39 is 0 Å². The molecule has 0 aliphatic carbocycles. The fourth-order valence-electron chi connectivity index (χ4n) is 1.02. The second-order valence-electron chi connectivity index (χ2n) is 2.57. The van der Waals surface area contributed by atoms with Gasteiger partial charge in [0.05, 0.1) is 11.9 Å². The lowest BCUT2D eigenvalue weighted by Gasteiger charge is -1.97. The van der Waals surface area contributed by atoms with Gasteiger partial charge in [-0.25, -0.2) is 9.07 Å². The minimum absolute atomic E-state index is 0.310. The molecule has 2 aromatic rings. The molecule has 0 unspecified atom stereocenters. The van der Waals surface area contributed by atoms with Crippen LogP contribution < -0.4 is 5.73 Å². The highest BCUT2D eigenvalue weighted by Crippen LogP contribution is 2.08. The Morgan fingerprint density at radius 1 is 1.38 bits per heavy atom. The highest BCUT2D eigenvalue weighted by atomic mass is 19.1. The highest BCUT2D eigenvalue weighted by molar-refractivity contribution is 5.33. The Morgan fingerprint density at radius 2 is 2.23 bits per heavy atom. The summed E-state index contributed by atoms with van der Waals surface area (Å²) >= 11 is 0. The molecule has 0 atom stereocenters. The molecule has 66 valence electrons. The number of nitrogen functional groups attached to an aromatic ring is 1. The van der Waals surface area contributed by atoms with Gasteiger partial charge in [0.2, 0.25) is 0 Å². The molecule has 2 N–H and O–H groups in total. The minimum Gasteiger partial charge on any atom is -0.381 e. The molecule has 0 saturated heterocycles. The van der Waals surface area contributed by atoms with Crippen molar-refractivity contribution in [2.75, 3.05) is 5.73 Å². The lowest BCUT2D eigenvalue weighted by molar-refractivity contribution is 0.625. The Labute approximate surface area is 73.8 Å². The summed E-state index contributed by atoms with van der Waals surface area (Å²) in [6, 6.07) is 6.04. The maximum atomic E-state index is 12.8. The van der Waals surface area contributed by atoms with Gasteiger partial charge in [-0.3, -0.25) is 0 Å². The summed E-state index contributed by atoms with van der Waals surface area (Å²) in [5.41, 5.74) is 5.97. The Hall–Kier alpha value is -1.91. The molecule has 0 bridgehead atoms. The Morgan fingerprint density at radius 3 is 2.85 bits per heavy atom. The largest absolute Gasteiger partial charge is 0.381 e. The fraction of sp³-hybridized carbons (Fsp3) is 0. The highest BCUT2D eigenvalue weighted by Gasteiger charge is 1.99. The van der Waals surface area contributed by atoms with Gasteiger partial charge in [0.1, 0.15) is 5.82 Å². The zero-order valence-electron chi connectivity index (χ0n) is 6.68. The second kappa shape index (κ2) is 2.85. The van der Waals surface area contributed by atoms with Crippen LogP contribution in [0.15, 0.2) is 30.5 Å². The molecule has 0 aliphatic rings. The van der Waals surface area contributed by atoms with E-state index in [4.69, 9.17) is 5.73 Å². The van der Waals surface area contributed by atoms with Crippen molar-refractivity contribution in [3.05, 3.63) is 36.3 Å². The van der Waals surface area contributed by atoms with Gasteiger partial charge in [-0.2, -0.15) is 0 Å². The first-order chi connectivity index (χ1) is 6.25. The van der Waals surface area contributed by atoms with Gasteiger partial charge in [-0.1, -0.05) is 11.3 Å². The van der Waals surface area contributed by atoms with Crippen molar-refractivity contribution in [1.29, 1.82) is 0 Å². The fourth-order valence-corrected chi connectivity index (χ4v) is 1.02. The van der Waals surface area contributed by atoms with Gasteiger partial charge >= 0.3 is 0 Å². The lowest BCUT2D eigenvalue weighted by atomic mass is 10.3. The van der Waals surface area contributed by atoms with Crippen LogP contribution in [-0.4, -0.2) is 15.0 Å². The third-order valence-electron chi connectivity index (χ3n) is 1.58. The third-order valence-corrected chi connectivity index (χ3v) is 1.58. The van der Waals surface area contributed by atoms with Gasteiger partial charge in [0.25, 0.3) is 0 Å². The van der Waals surface area contributed by atoms with Crippen molar-refractivity contribution >= 4 is 5.82 Å². The monoisotopic (exact) mass is 178 g/mol. The van der Waals surface area contributed by atoms with Crippen molar-refractivity contribution in [1.82, 2.24) is 15.0 Å². The number of aromatic nitrogens is 3. The number of nitrogens with zero attached hydrogens (tertiary/aromatic N) is 3. The summed E-state index contributed by atoms with van der Waals surface area (Å²) in [4.78, 5) is 0. The molecule has 2 rings (SSSR count). The molecule has 0 radical (unpaired) electrons. The molecule has 0 spiro atoms. The van der Waals surface area contributed by atoms with E-state index in [1.165, 1.54) is 23.0 Å². The van der Waals surface area contributed by atoms with E-state index in [1.54, 1.807) is 12.1 Å². The Balaban J connectivity index is 2.46. The average molecular weight is 178 g/mol. The second-order valence-corrected chi connectivity index (χ2v) is 2.57. The minimum atomic E-state index is -0.313. The summed E-state index contributed by atoms with van der Waals surface area (Å²) < 4.78 is 14.2. The van der Waals surface area contributed by atoms with Crippen molar-refractivity contribution in [2.45, 2.75) is 0 Å². The maximum absolute atomic E-state index is 12.8. The number of benzene rings is 1. The van der Waals surface area contributed by atoms with Crippen molar-refractivity contribution in [2.24, 2.45) is 0 Å². The number of nitrogens with two attached hydrogens (primary N) is 1. The molecular formula is C8H7FN4. The van der Waals surface area contributed by atoms with Gasteiger partial charge in [-0.15, -0.1) is 5.10 Å². The molecule has 0 fully saturated rings. The van der Waals surface area contributed by atoms with E-state index in [9.17, 15) is 4.39 Å². The van der Waals surface area contributed by atoms with Crippen molar-refractivity contribution < 1.29 is 4.39 Å². The first-order valence-electron chi connectivity index (χ1n) is 3.69. The number of hydrogen-bond donors (Lipinski definition) is 1. The summed E-state index contributed by atoms with van der Waals surface area (Å²) in [6.45, 7) is 0. The van der Waals surface area contributed by atoms with Crippen LogP contribution in [0.3, 0.4) is 0 Å². The van der Waals surface area contributed by atoms with Gasteiger partial charge in [0.15, 0.2) is 5.82 Å². The van der Waals surface area contributed by atoms with Crippen molar-refractivity contribution in [3.8, 4) is 5.69 Å². The SMILES string of the molecule is Nc1cn(-c2cccc(F)c2)nn1. The molecular weight excluding hydrogens is 171 g/mol. The van der Waals surface area contributed by atoms with E-state index in [0.29, 0.717) is 11.5 Å². The average Bonchev–Trinajstić information content (AvgIpc) is 2.52. The van der Waals surface area contributed by atoms with Crippen LogP contribution in [0.2, 0.25) is 0 Å². The Kier molecular flexibility index (Phi) is 1.70. The van der Waals surface area contributed by atoms with Crippen LogP contribution in [0.5, 0.6) is 0 Å². The molecule has 1 aromatic heterocycles. The van der Waals surface area contributed by atoms with Crippen LogP contribution in [0, 0.1) is 5.82 Å². The quantitative estimate of drug-likeness (QED) is 0.708. The normalized spacial score (nSPS) is 10.2. The molecule has 4 nitrogen and oxygen atoms in total. The van der Waals surface area contributed by atoms with Gasteiger partial charge in [0, 0.05) is 0 Å². The topological polar surface area (TPSA) is 56.7 Å². The summed E-state index contributed by atoms with van der Waals surface area (Å²) in [7, 11) is 0. The first-order valence-corrected chi connectivity index (χ1v) is 3.69. The standard InChI is InChI=1S/C8H7FN4/c9-6-2-1-3-7(4-6)13-5-8(10)11-12-13/h1-5H,10H2. The van der Waals surface area contributed by atoms with Gasteiger partial charge < -0.3 is 5.73 Å². The Bertz CT molecular complexity index is 424. The van der Waals surface area contributed by atoms with E-state index >= 15 is 0 Å². The van der Waals surface area contributed by atoms with E-state index in [-0.39, 0.29) is 5.82 Å². The zero-order valence-corrected chi connectivity index (χ0v) is 6.68. The number of hydrogen-bond acceptors (Lipinski definition) is 3. The maximum Gasteiger partial charge on any atom is 0.166 e. The van der Waals surface area contributed by atoms with Crippen LogP contribution in [0.1, 0.15) is 0 Å². The molecule has 13 heavy (non-hydrogen) atoms. The number of anilines is 1. The predicted molar refractivity (Wildman–Crippen MR) is 45.7 cm³/mol. The molecule has 0 amide bonds. The van der Waals surface area contributed by atoms with E-state index in [1.807, 2.05) is 0 Å². The smallest absolute Gasteiger partial charge is 0.166 e. The van der Waals surface area contributed by atoms with Crippen LogP contribution in [0.25, 0.3) is 5.69 Å². The van der Waals surface area contributed by atoms with Crippen LogP contribution in [0.4, 0.5) is 10.2 Å². The number of rotatable bonds is 1. The summed E-state index contributed by atoms with van der Waals surface area (Å²) in [6.07, 6.45) is 1.52. The lowest BCUT2D eigenvalue weighted by Crippen LogP contribution is -1.94. The van der Waals surface area contributed by atoms with Crippen LogP contribution in [-0.2, 0) is 0 Å². The van der Waals surface area contributed by atoms with Crippen molar-refractivity contribution in [3.63, 3.8) is 0 Å². The van der Waals surface area contributed by atoms with Gasteiger partial charge in [-0.05, 0) is 18.2 Å². The molecule has 5 heteroatoms. The summed E-state index contributed by atoms with van der Waals surface area (Å²) in [5, 5.41) is 7.29. The molecule has 1 heterocycles.